The second kappa shape index (κ2) is 5.68. The van der Waals surface area contributed by atoms with E-state index in [-0.39, 0.29) is 5.41 Å². The number of nitrogens with zero attached hydrogens (tertiary/aromatic N) is 2. The Balaban J connectivity index is 1.74. The van der Waals surface area contributed by atoms with Crippen molar-refractivity contribution in [2.45, 2.75) is 32.7 Å². The normalized spacial score (nSPS) is 23.7. The van der Waals surface area contributed by atoms with Crippen LogP contribution >= 0.6 is 0 Å². The summed E-state index contributed by atoms with van der Waals surface area (Å²) in [6, 6.07) is 0.751. The lowest BCUT2D eigenvalue weighted by Crippen LogP contribution is -2.51. The molecule has 1 aliphatic heterocycles. The molecule has 19 heavy (non-hydrogen) atoms. The van der Waals surface area contributed by atoms with Crippen LogP contribution in [0.4, 0.5) is 0 Å². The Bertz CT molecular complexity index is 396. The summed E-state index contributed by atoms with van der Waals surface area (Å²) in [5.74, 6) is 0. The highest BCUT2D eigenvalue weighted by Crippen LogP contribution is 2.23. The van der Waals surface area contributed by atoms with Gasteiger partial charge in [0.05, 0.1) is 6.26 Å². The molecule has 1 aliphatic carbocycles. The predicted molar refractivity (Wildman–Crippen MR) is 77.7 cm³/mol. The predicted octanol–water partition coefficient (Wildman–Crippen LogP) is 0.342. The molecule has 112 valence electrons. The van der Waals surface area contributed by atoms with Crippen LogP contribution < -0.4 is 5.32 Å². The summed E-state index contributed by atoms with van der Waals surface area (Å²) < 4.78 is 24.5. The van der Waals surface area contributed by atoms with Crippen LogP contribution in [0.15, 0.2) is 0 Å². The van der Waals surface area contributed by atoms with Crippen molar-refractivity contribution in [1.29, 1.82) is 0 Å². The van der Waals surface area contributed by atoms with Gasteiger partial charge in [-0.05, 0) is 18.3 Å². The van der Waals surface area contributed by atoms with Crippen LogP contribution in [0.2, 0.25) is 0 Å². The van der Waals surface area contributed by atoms with E-state index in [0.717, 1.165) is 32.2 Å². The van der Waals surface area contributed by atoms with Crippen LogP contribution in [0.3, 0.4) is 0 Å². The van der Waals surface area contributed by atoms with Crippen molar-refractivity contribution in [3.63, 3.8) is 0 Å². The van der Waals surface area contributed by atoms with E-state index in [1.165, 1.54) is 19.1 Å². The van der Waals surface area contributed by atoms with Gasteiger partial charge in [-0.2, -0.15) is 4.31 Å². The molecule has 5 nitrogen and oxygen atoms in total. The maximum atomic E-state index is 11.5. The summed E-state index contributed by atoms with van der Waals surface area (Å²) in [5, 5.41) is 3.59. The van der Waals surface area contributed by atoms with Gasteiger partial charge in [0.2, 0.25) is 10.0 Å². The van der Waals surface area contributed by atoms with E-state index in [9.17, 15) is 8.42 Å². The maximum Gasteiger partial charge on any atom is 0.211 e. The van der Waals surface area contributed by atoms with Crippen molar-refractivity contribution in [3.05, 3.63) is 0 Å². The molecule has 1 heterocycles. The molecule has 6 heteroatoms. The Hall–Kier alpha value is -0.170. The standard InChI is InChI=1S/C13H27N3O2S/c1-13(2,10-14-12-4-5-12)11-15-6-8-16(9-7-15)19(3,17)18/h12,14H,4-11H2,1-3H3. The van der Waals surface area contributed by atoms with Gasteiger partial charge in [-0.25, -0.2) is 8.42 Å². The van der Waals surface area contributed by atoms with Gasteiger partial charge in [0.15, 0.2) is 0 Å². The lowest BCUT2D eigenvalue weighted by atomic mass is 9.92. The number of sulfonamides is 1. The van der Waals surface area contributed by atoms with E-state index in [4.69, 9.17) is 0 Å². The molecule has 0 atom stereocenters. The maximum absolute atomic E-state index is 11.5. The topological polar surface area (TPSA) is 52.6 Å². The van der Waals surface area contributed by atoms with Crippen LogP contribution in [0.25, 0.3) is 0 Å². The first-order valence-corrected chi connectivity index (χ1v) is 9.02. The Kier molecular flexibility index (Phi) is 4.55. The average molecular weight is 289 g/mol. The van der Waals surface area contributed by atoms with Gasteiger partial charge >= 0.3 is 0 Å². The first-order valence-electron chi connectivity index (χ1n) is 7.17. The summed E-state index contributed by atoms with van der Waals surface area (Å²) >= 11 is 0. The first-order chi connectivity index (χ1) is 8.76. The Morgan fingerprint density at radius 1 is 1.16 bits per heavy atom. The minimum Gasteiger partial charge on any atom is -0.313 e. The van der Waals surface area contributed by atoms with Gasteiger partial charge in [0.1, 0.15) is 0 Å². The van der Waals surface area contributed by atoms with Gasteiger partial charge < -0.3 is 10.2 Å². The fraction of sp³-hybridized carbons (Fsp3) is 1.00. The van der Waals surface area contributed by atoms with Crippen LogP contribution in [-0.4, -0.2) is 69.2 Å². The van der Waals surface area contributed by atoms with Crippen molar-refractivity contribution in [3.8, 4) is 0 Å². The number of rotatable bonds is 6. The number of nitrogens with one attached hydrogen (secondary N) is 1. The van der Waals surface area contributed by atoms with E-state index in [2.05, 4.69) is 24.1 Å². The molecule has 2 aliphatic rings. The van der Waals surface area contributed by atoms with Crippen LogP contribution in [0.5, 0.6) is 0 Å². The van der Waals surface area contributed by atoms with E-state index in [0.29, 0.717) is 13.1 Å². The van der Waals surface area contributed by atoms with Crippen molar-refractivity contribution in [2.75, 3.05) is 45.5 Å². The molecule has 0 radical (unpaired) electrons. The second-order valence-electron chi connectivity index (χ2n) is 6.76. The van der Waals surface area contributed by atoms with Crippen molar-refractivity contribution in [2.24, 2.45) is 5.41 Å². The lowest BCUT2D eigenvalue weighted by molar-refractivity contribution is 0.131. The zero-order valence-corrected chi connectivity index (χ0v) is 13.2. The van der Waals surface area contributed by atoms with Crippen LogP contribution in [0.1, 0.15) is 26.7 Å². The number of piperazine rings is 1. The van der Waals surface area contributed by atoms with Gasteiger partial charge in [0.25, 0.3) is 0 Å². The zero-order valence-electron chi connectivity index (χ0n) is 12.4. The lowest BCUT2D eigenvalue weighted by Gasteiger charge is -2.38. The molecule has 2 fully saturated rings. The number of hydrogen-bond donors (Lipinski definition) is 1. The molecule has 1 saturated heterocycles. The molecule has 2 rings (SSSR count). The van der Waals surface area contributed by atoms with E-state index < -0.39 is 10.0 Å². The van der Waals surface area contributed by atoms with Crippen molar-refractivity contribution in [1.82, 2.24) is 14.5 Å². The average Bonchev–Trinajstić information content (AvgIpc) is 3.09. The smallest absolute Gasteiger partial charge is 0.211 e. The first kappa shape index (κ1) is 15.2. The summed E-state index contributed by atoms with van der Waals surface area (Å²) in [6.45, 7) is 9.60. The molecule has 1 N–H and O–H groups in total. The molecular weight excluding hydrogens is 262 g/mol. The summed E-state index contributed by atoms with van der Waals surface area (Å²) in [4.78, 5) is 2.39. The molecule has 0 amide bonds. The largest absolute Gasteiger partial charge is 0.313 e. The number of hydrogen-bond acceptors (Lipinski definition) is 4. The van der Waals surface area contributed by atoms with Crippen molar-refractivity contribution >= 4 is 10.0 Å². The van der Waals surface area contributed by atoms with Gasteiger partial charge in [-0.15, -0.1) is 0 Å². The molecule has 0 spiro atoms. The minimum absolute atomic E-state index is 0.246. The highest BCUT2D eigenvalue weighted by molar-refractivity contribution is 7.88. The third kappa shape index (κ3) is 5.02. The highest BCUT2D eigenvalue weighted by Gasteiger charge is 2.29. The summed E-state index contributed by atoms with van der Waals surface area (Å²) in [6.07, 6.45) is 3.94. The monoisotopic (exact) mass is 289 g/mol. The highest BCUT2D eigenvalue weighted by atomic mass is 32.2. The SMILES string of the molecule is CC(C)(CNC1CC1)CN1CCN(S(C)(=O)=O)CC1. The third-order valence-electron chi connectivity index (χ3n) is 3.90. The van der Waals surface area contributed by atoms with E-state index >= 15 is 0 Å². The molecule has 0 aromatic rings. The molecule has 0 aromatic carbocycles. The fourth-order valence-corrected chi connectivity index (χ4v) is 3.42. The Morgan fingerprint density at radius 3 is 2.21 bits per heavy atom. The zero-order chi connectivity index (χ0) is 14.1. The summed E-state index contributed by atoms with van der Waals surface area (Å²) in [7, 11) is -3.01. The van der Waals surface area contributed by atoms with Gasteiger partial charge in [-0.1, -0.05) is 13.8 Å². The van der Waals surface area contributed by atoms with Gasteiger partial charge in [-0.3, -0.25) is 0 Å². The molecule has 0 bridgehead atoms. The van der Waals surface area contributed by atoms with Crippen molar-refractivity contribution < 1.29 is 8.42 Å². The second-order valence-corrected chi connectivity index (χ2v) is 8.74. The third-order valence-corrected chi connectivity index (χ3v) is 5.20. The van der Waals surface area contributed by atoms with Crippen LogP contribution in [-0.2, 0) is 10.0 Å². The van der Waals surface area contributed by atoms with Gasteiger partial charge in [0, 0.05) is 45.3 Å². The molecule has 0 aromatic heterocycles. The Morgan fingerprint density at radius 2 is 1.74 bits per heavy atom. The van der Waals surface area contributed by atoms with E-state index in [1.807, 2.05) is 0 Å². The fourth-order valence-electron chi connectivity index (χ4n) is 2.59. The molecular formula is C13H27N3O2S. The van der Waals surface area contributed by atoms with Crippen LogP contribution in [0, 0.1) is 5.41 Å². The van der Waals surface area contributed by atoms with E-state index in [1.54, 1.807) is 4.31 Å². The summed E-state index contributed by atoms with van der Waals surface area (Å²) in [5.41, 5.74) is 0.246. The molecule has 0 unspecified atom stereocenters. The quantitative estimate of drug-likeness (QED) is 0.766. The minimum atomic E-state index is -3.01. The molecule has 1 saturated carbocycles. The Labute approximate surface area is 117 Å².